The Morgan fingerprint density at radius 1 is 1.25 bits per heavy atom. The Morgan fingerprint density at radius 2 is 2.04 bits per heavy atom. The van der Waals surface area contributed by atoms with Crippen LogP contribution in [0.4, 0.5) is 0 Å². The molecule has 130 valence electrons. The molecule has 1 fully saturated rings. The minimum absolute atomic E-state index is 0.358. The summed E-state index contributed by atoms with van der Waals surface area (Å²) in [6, 6.07) is 4.54. The van der Waals surface area contributed by atoms with Gasteiger partial charge in [0.25, 0.3) is 0 Å². The van der Waals surface area contributed by atoms with E-state index in [0.29, 0.717) is 6.04 Å². The molecule has 0 aliphatic carbocycles. The summed E-state index contributed by atoms with van der Waals surface area (Å²) in [5, 5.41) is 0. The van der Waals surface area contributed by atoms with Crippen molar-refractivity contribution < 1.29 is 9.47 Å². The topological polar surface area (TPSA) is 50.4 Å². The molecule has 0 radical (unpaired) electrons. The first kappa shape index (κ1) is 17.2. The number of ether oxygens (including phenoxy) is 2. The molecule has 0 bridgehead atoms. The summed E-state index contributed by atoms with van der Waals surface area (Å²) in [5.41, 5.74) is 1.28. The van der Waals surface area contributed by atoms with E-state index < -0.39 is 0 Å². The summed E-state index contributed by atoms with van der Waals surface area (Å²) in [6.07, 6.45) is 9.49. The zero-order chi connectivity index (χ0) is 16.9. The quantitative estimate of drug-likeness (QED) is 0.804. The maximum atomic E-state index is 5.49. The van der Waals surface area contributed by atoms with E-state index >= 15 is 0 Å². The maximum Gasteiger partial charge on any atom is 0.161 e. The van der Waals surface area contributed by atoms with Gasteiger partial charge in [-0.1, -0.05) is 6.42 Å². The van der Waals surface area contributed by atoms with E-state index in [-0.39, 0.29) is 0 Å². The standard InChI is InChI=1S/C18H25N3O2S/c1-22-15-10-13(17(24-3)11-16(15)23-2)12-21-9-5-4-6-14(21)18-19-7-8-20-18/h7-8,10-11,14H,4-6,9,12H2,1-3H3,(H,19,20)/t14-/m0/s1. The van der Waals surface area contributed by atoms with Gasteiger partial charge in [-0.05, 0) is 43.3 Å². The fourth-order valence-electron chi connectivity index (χ4n) is 3.38. The number of H-pyrrole nitrogens is 1. The maximum absolute atomic E-state index is 5.49. The summed E-state index contributed by atoms with van der Waals surface area (Å²) in [4.78, 5) is 11.5. The molecule has 1 aliphatic heterocycles. The minimum atomic E-state index is 0.358. The van der Waals surface area contributed by atoms with Crippen molar-refractivity contribution in [3.05, 3.63) is 35.9 Å². The van der Waals surface area contributed by atoms with Crippen molar-refractivity contribution in [2.24, 2.45) is 0 Å². The number of benzene rings is 1. The molecule has 0 spiro atoms. The van der Waals surface area contributed by atoms with Gasteiger partial charge in [0, 0.05) is 23.8 Å². The van der Waals surface area contributed by atoms with Crippen molar-refractivity contribution in [2.45, 2.75) is 36.7 Å². The highest BCUT2D eigenvalue weighted by Gasteiger charge is 2.26. The van der Waals surface area contributed by atoms with Crippen LogP contribution in [0.25, 0.3) is 0 Å². The van der Waals surface area contributed by atoms with Crippen LogP contribution in [0.5, 0.6) is 11.5 Å². The number of methoxy groups -OCH3 is 2. The Bertz CT molecular complexity index is 661. The Balaban J connectivity index is 1.88. The van der Waals surface area contributed by atoms with Gasteiger partial charge in [0.1, 0.15) is 5.82 Å². The van der Waals surface area contributed by atoms with Crippen molar-refractivity contribution in [2.75, 3.05) is 27.0 Å². The van der Waals surface area contributed by atoms with Crippen LogP contribution in [0.15, 0.2) is 29.4 Å². The normalized spacial score (nSPS) is 18.5. The van der Waals surface area contributed by atoms with Crippen molar-refractivity contribution in [1.82, 2.24) is 14.9 Å². The van der Waals surface area contributed by atoms with Crippen LogP contribution in [-0.2, 0) is 6.54 Å². The third-order valence-corrected chi connectivity index (χ3v) is 5.43. The highest BCUT2D eigenvalue weighted by molar-refractivity contribution is 7.98. The lowest BCUT2D eigenvalue weighted by atomic mass is 10.0. The summed E-state index contributed by atoms with van der Waals surface area (Å²) in [6.45, 7) is 1.98. The fourth-order valence-corrected chi connectivity index (χ4v) is 3.99. The predicted molar refractivity (Wildman–Crippen MR) is 96.9 cm³/mol. The number of hydrogen-bond acceptors (Lipinski definition) is 5. The number of nitrogens with one attached hydrogen (secondary N) is 1. The summed E-state index contributed by atoms with van der Waals surface area (Å²) < 4.78 is 10.9. The lowest BCUT2D eigenvalue weighted by Crippen LogP contribution is -2.33. The number of hydrogen-bond donors (Lipinski definition) is 1. The van der Waals surface area contributed by atoms with E-state index in [1.165, 1.54) is 23.3 Å². The van der Waals surface area contributed by atoms with Crippen molar-refractivity contribution >= 4 is 11.8 Å². The molecular formula is C18H25N3O2S. The second-order valence-electron chi connectivity index (χ2n) is 5.98. The Hall–Kier alpha value is -1.66. The second-order valence-corrected chi connectivity index (χ2v) is 6.82. The van der Waals surface area contributed by atoms with Gasteiger partial charge in [-0.25, -0.2) is 4.98 Å². The van der Waals surface area contributed by atoms with Crippen LogP contribution >= 0.6 is 11.8 Å². The number of imidazole rings is 1. The number of aromatic amines is 1. The third-order valence-electron chi connectivity index (χ3n) is 4.61. The predicted octanol–water partition coefficient (Wildman–Crippen LogP) is 3.88. The first-order valence-corrected chi connectivity index (χ1v) is 9.51. The van der Waals surface area contributed by atoms with Gasteiger partial charge >= 0.3 is 0 Å². The fraction of sp³-hybridized carbons (Fsp3) is 0.500. The molecule has 5 nitrogen and oxygen atoms in total. The first-order valence-electron chi connectivity index (χ1n) is 8.29. The molecule has 1 saturated heterocycles. The van der Waals surface area contributed by atoms with E-state index in [1.54, 1.807) is 26.0 Å². The van der Waals surface area contributed by atoms with E-state index in [1.807, 2.05) is 12.4 Å². The van der Waals surface area contributed by atoms with Crippen molar-refractivity contribution in [3.63, 3.8) is 0 Å². The van der Waals surface area contributed by atoms with Gasteiger partial charge < -0.3 is 14.5 Å². The van der Waals surface area contributed by atoms with Gasteiger partial charge in [-0.2, -0.15) is 0 Å². The Labute approximate surface area is 147 Å². The van der Waals surface area contributed by atoms with Gasteiger partial charge in [0.15, 0.2) is 11.5 Å². The molecule has 0 amide bonds. The molecule has 1 atom stereocenters. The molecule has 3 rings (SSSR count). The zero-order valence-electron chi connectivity index (χ0n) is 14.5. The Morgan fingerprint density at radius 3 is 2.71 bits per heavy atom. The van der Waals surface area contributed by atoms with Crippen molar-refractivity contribution in [1.29, 1.82) is 0 Å². The first-order chi connectivity index (χ1) is 11.8. The molecule has 0 saturated carbocycles. The number of piperidine rings is 1. The molecule has 1 aliphatic rings. The van der Waals surface area contributed by atoms with Crippen molar-refractivity contribution in [3.8, 4) is 11.5 Å². The summed E-state index contributed by atoms with van der Waals surface area (Å²) >= 11 is 1.75. The molecule has 1 aromatic carbocycles. The molecule has 6 heteroatoms. The lowest BCUT2D eigenvalue weighted by Gasteiger charge is -2.35. The number of nitrogens with zero attached hydrogens (tertiary/aromatic N) is 2. The second kappa shape index (κ2) is 7.94. The van der Waals surface area contributed by atoms with Crippen LogP contribution in [0.3, 0.4) is 0 Å². The molecule has 1 aromatic heterocycles. The number of likely N-dealkylation sites (tertiary alicyclic amines) is 1. The van der Waals surface area contributed by atoms with E-state index in [4.69, 9.17) is 9.47 Å². The van der Waals surface area contributed by atoms with Gasteiger partial charge in [-0.3, -0.25) is 4.90 Å². The summed E-state index contributed by atoms with van der Waals surface area (Å²) in [7, 11) is 3.37. The number of rotatable bonds is 6. The van der Waals surface area contributed by atoms with Crippen LogP contribution in [0.1, 0.15) is 36.7 Å². The average molecular weight is 347 g/mol. The monoisotopic (exact) mass is 347 g/mol. The highest BCUT2D eigenvalue weighted by Crippen LogP contribution is 2.37. The van der Waals surface area contributed by atoms with E-state index in [0.717, 1.165) is 36.8 Å². The van der Waals surface area contributed by atoms with Crippen LogP contribution in [0, 0.1) is 0 Å². The van der Waals surface area contributed by atoms with Gasteiger partial charge in [-0.15, -0.1) is 11.8 Å². The third kappa shape index (κ3) is 3.54. The molecular weight excluding hydrogens is 322 g/mol. The summed E-state index contributed by atoms with van der Waals surface area (Å²) in [5.74, 6) is 2.64. The van der Waals surface area contributed by atoms with Gasteiger partial charge in [0.05, 0.1) is 20.3 Å². The minimum Gasteiger partial charge on any atom is -0.493 e. The number of thioether (sulfide) groups is 1. The SMILES string of the molecule is COc1cc(CN2CCCC[C@H]2c2ncc[nH]2)c(SC)cc1OC. The smallest absolute Gasteiger partial charge is 0.161 e. The highest BCUT2D eigenvalue weighted by atomic mass is 32.2. The molecule has 2 heterocycles. The van der Waals surface area contributed by atoms with Crippen LogP contribution in [-0.4, -0.2) is 41.9 Å². The van der Waals surface area contributed by atoms with Crippen LogP contribution in [0.2, 0.25) is 0 Å². The Kier molecular flexibility index (Phi) is 5.68. The van der Waals surface area contributed by atoms with E-state index in [9.17, 15) is 0 Å². The van der Waals surface area contributed by atoms with Crippen LogP contribution < -0.4 is 9.47 Å². The number of aromatic nitrogens is 2. The van der Waals surface area contributed by atoms with E-state index in [2.05, 4.69) is 33.3 Å². The van der Waals surface area contributed by atoms with Gasteiger partial charge in [0.2, 0.25) is 0 Å². The average Bonchev–Trinajstić information content (AvgIpc) is 3.16. The zero-order valence-corrected chi connectivity index (χ0v) is 15.4. The molecule has 0 unspecified atom stereocenters. The lowest BCUT2D eigenvalue weighted by molar-refractivity contribution is 0.133. The molecule has 1 N–H and O–H groups in total. The largest absolute Gasteiger partial charge is 0.493 e. The molecule has 2 aromatic rings. The molecule has 24 heavy (non-hydrogen) atoms.